The van der Waals surface area contributed by atoms with Gasteiger partial charge in [-0.25, -0.2) is 0 Å². The van der Waals surface area contributed by atoms with E-state index in [-0.39, 0.29) is 0 Å². The van der Waals surface area contributed by atoms with Gasteiger partial charge in [0.2, 0.25) is 11.7 Å². The molecule has 1 aromatic heterocycles. The van der Waals surface area contributed by atoms with Crippen LogP contribution in [0.2, 0.25) is 0 Å². The van der Waals surface area contributed by atoms with Crippen molar-refractivity contribution in [3.05, 3.63) is 24.1 Å². The van der Waals surface area contributed by atoms with Gasteiger partial charge < -0.3 is 14.0 Å². The number of aryl methyl sites for hydroxylation is 1. The Morgan fingerprint density at radius 2 is 2.00 bits per heavy atom. The first-order chi connectivity index (χ1) is 7.76. The van der Waals surface area contributed by atoms with Crippen molar-refractivity contribution in [2.75, 3.05) is 14.2 Å². The van der Waals surface area contributed by atoms with Crippen LogP contribution in [0.5, 0.6) is 11.5 Å². The summed E-state index contributed by atoms with van der Waals surface area (Å²) in [6.07, 6.45) is 0. The van der Waals surface area contributed by atoms with Crippen LogP contribution >= 0.6 is 0 Å². The minimum absolute atomic E-state index is 0.494. The summed E-state index contributed by atoms with van der Waals surface area (Å²) >= 11 is 0. The molecule has 0 saturated carbocycles. The SMILES string of the molecule is COc1cccc(-c2noc(C)n2)c1OC. The number of rotatable bonds is 3. The fourth-order valence-electron chi connectivity index (χ4n) is 1.47. The Labute approximate surface area is 93.0 Å². The third-order valence-electron chi connectivity index (χ3n) is 2.17. The van der Waals surface area contributed by atoms with Gasteiger partial charge in [0, 0.05) is 6.92 Å². The molecule has 0 aliphatic heterocycles. The van der Waals surface area contributed by atoms with Crippen LogP contribution in [0.15, 0.2) is 22.7 Å². The second-order valence-corrected chi connectivity index (χ2v) is 3.18. The highest BCUT2D eigenvalue weighted by molar-refractivity contribution is 5.68. The largest absolute Gasteiger partial charge is 0.493 e. The summed E-state index contributed by atoms with van der Waals surface area (Å²) in [7, 11) is 3.16. The molecular weight excluding hydrogens is 208 g/mol. The number of nitrogens with zero attached hydrogens (tertiary/aromatic N) is 2. The fourth-order valence-corrected chi connectivity index (χ4v) is 1.47. The Kier molecular flexibility index (Phi) is 2.76. The third kappa shape index (κ3) is 1.71. The average Bonchev–Trinajstić information content (AvgIpc) is 2.74. The highest BCUT2D eigenvalue weighted by Crippen LogP contribution is 2.36. The molecule has 5 heteroatoms. The zero-order valence-corrected chi connectivity index (χ0v) is 9.35. The molecule has 84 valence electrons. The molecule has 5 nitrogen and oxygen atoms in total. The lowest BCUT2D eigenvalue weighted by molar-refractivity contribution is 0.355. The van der Waals surface area contributed by atoms with Gasteiger partial charge in [-0.05, 0) is 12.1 Å². The van der Waals surface area contributed by atoms with E-state index in [1.165, 1.54) is 0 Å². The Morgan fingerprint density at radius 1 is 1.19 bits per heavy atom. The van der Waals surface area contributed by atoms with Crippen LogP contribution < -0.4 is 9.47 Å². The maximum Gasteiger partial charge on any atom is 0.223 e. The van der Waals surface area contributed by atoms with Crippen molar-refractivity contribution in [3.63, 3.8) is 0 Å². The molecule has 1 aromatic carbocycles. The minimum atomic E-state index is 0.494. The number of para-hydroxylation sites is 1. The summed E-state index contributed by atoms with van der Waals surface area (Å²) in [6.45, 7) is 1.74. The van der Waals surface area contributed by atoms with Crippen molar-refractivity contribution in [1.82, 2.24) is 10.1 Å². The van der Waals surface area contributed by atoms with Crippen LogP contribution in [0, 0.1) is 6.92 Å². The Balaban J connectivity index is 2.56. The zero-order chi connectivity index (χ0) is 11.5. The molecule has 0 bridgehead atoms. The lowest BCUT2D eigenvalue weighted by Crippen LogP contribution is -1.93. The lowest BCUT2D eigenvalue weighted by atomic mass is 10.2. The number of methoxy groups -OCH3 is 2. The van der Waals surface area contributed by atoms with Crippen molar-refractivity contribution < 1.29 is 14.0 Å². The number of aromatic nitrogens is 2. The average molecular weight is 220 g/mol. The Hall–Kier alpha value is -2.04. The number of ether oxygens (including phenoxy) is 2. The molecule has 16 heavy (non-hydrogen) atoms. The van der Waals surface area contributed by atoms with Crippen molar-refractivity contribution in [1.29, 1.82) is 0 Å². The normalized spacial score (nSPS) is 10.2. The van der Waals surface area contributed by atoms with Crippen molar-refractivity contribution >= 4 is 0 Å². The number of benzene rings is 1. The molecule has 0 amide bonds. The maximum atomic E-state index is 5.28. The van der Waals surface area contributed by atoms with Gasteiger partial charge in [0.1, 0.15) is 0 Å². The summed E-state index contributed by atoms with van der Waals surface area (Å²) in [5.74, 6) is 2.25. The molecular formula is C11H12N2O3. The van der Waals surface area contributed by atoms with Gasteiger partial charge in [-0.3, -0.25) is 0 Å². The molecule has 0 atom stereocenters. The lowest BCUT2D eigenvalue weighted by Gasteiger charge is -2.09. The number of hydrogen-bond acceptors (Lipinski definition) is 5. The van der Waals surface area contributed by atoms with E-state index < -0.39 is 0 Å². The van der Waals surface area contributed by atoms with Crippen LogP contribution in [-0.2, 0) is 0 Å². The van der Waals surface area contributed by atoms with Gasteiger partial charge >= 0.3 is 0 Å². The van der Waals surface area contributed by atoms with Crippen LogP contribution in [0.25, 0.3) is 11.4 Å². The Morgan fingerprint density at radius 3 is 2.56 bits per heavy atom. The van der Waals surface area contributed by atoms with Crippen LogP contribution in [0.1, 0.15) is 5.89 Å². The van der Waals surface area contributed by atoms with E-state index in [1.807, 2.05) is 18.2 Å². The molecule has 0 spiro atoms. The Bertz CT molecular complexity index is 494. The van der Waals surface area contributed by atoms with Crippen molar-refractivity contribution in [2.24, 2.45) is 0 Å². The predicted octanol–water partition coefficient (Wildman–Crippen LogP) is 2.06. The summed E-state index contributed by atoms with van der Waals surface area (Å²) in [6, 6.07) is 5.52. The molecule has 2 aromatic rings. The van der Waals surface area contributed by atoms with Gasteiger partial charge in [0.15, 0.2) is 11.5 Å². The first-order valence-electron chi connectivity index (χ1n) is 4.78. The first kappa shape index (κ1) is 10.5. The van der Waals surface area contributed by atoms with E-state index in [4.69, 9.17) is 14.0 Å². The monoisotopic (exact) mass is 220 g/mol. The quantitative estimate of drug-likeness (QED) is 0.792. The third-order valence-corrected chi connectivity index (χ3v) is 2.17. The highest BCUT2D eigenvalue weighted by Gasteiger charge is 2.15. The molecule has 0 saturated heterocycles. The van der Waals surface area contributed by atoms with Gasteiger partial charge in [0.25, 0.3) is 0 Å². The molecule has 0 N–H and O–H groups in total. The topological polar surface area (TPSA) is 57.4 Å². The molecule has 0 fully saturated rings. The van der Waals surface area contributed by atoms with Crippen LogP contribution in [0.3, 0.4) is 0 Å². The standard InChI is InChI=1S/C11H12N2O3/c1-7-12-11(13-16-7)8-5-4-6-9(14-2)10(8)15-3/h4-6H,1-3H3. The van der Waals surface area contributed by atoms with E-state index in [0.717, 1.165) is 5.56 Å². The number of hydrogen-bond donors (Lipinski definition) is 0. The second kappa shape index (κ2) is 4.22. The van der Waals surface area contributed by atoms with Gasteiger partial charge in [-0.1, -0.05) is 11.2 Å². The van der Waals surface area contributed by atoms with Crippen molar-refractivity contribution in [3.8, 4) is 22.9 Å². The summed E-state index contributed by atoms with van der Waals surface area (Å²) in [4.78, 5) is 4.15. The smallest absolute Gasteiger partial charge is 0.223 e. The van der Waals surface area contributed by atoms with E-state index in [0.29, 0.717) is 23.2 Å². The van der Waals surface area contributed by atoms with Crippen LogP contribution in [0.4, 0.5) is 0 Å². The van der Waals surface area contributed by atoms with E-state index in [1.54, 1.807) is 21.1 Å². The zero-order valence-electron chi connectivity index (χ0n) is 9.35. The van der Waals surface area contributed by atoms with Crippen LogP contribution in [-0.4, -0.2) is 24.4 Å². The van der Waals surface area contributed by atoms with Gasteiger partial charge in [0.05, 0.1) is 19.8 Å². The van der Waals surface area contributed by atoms with Gasteiger partial charge in [-0.15, -0.1) is 0 Å². The molecule has 1 heterocycles. The molecule has 0 aliphatic carbocycles. The molecule has 2 rings (SSSR count). The van der Waals surface area contributed by atoms with Crippen molar-refractivity contribution in [2.45, 2.75) is 6.92 Å². The second-order valence-electron chi connectivity index (χ2n) is 3.18. The summed E-state index contributed by atoms with van der Waals surface area (Å²) in [5.41, 5.74) is 0.749. The highest BCUT2D eigenvalue weighted by atomic mass is 16.5. The fraction of sp³-hybridized carbons (Fsp3) is 0.273. The first-order valence-corrected chi connectivity index (χ1v) is 4.78. The summed E-state index contributed by atoms with van der Waals surface area (Å²) < 4.78 is 15.4. The maximum absolute atomic E-state index is 5.28. The van der Waals surface area contributed by atoms with E-state index >= 15 is 0 Å². The predicted molar refractivity (Wildman–Crippen MR) is 57.6 cm³/mol. The van der Waals surface area contributed by atoms with E-state index in [2.05, 4.69) is 10.1 Å². The molecule has 0 aliphatic rings. The van der Waals surface area contributed by atoms with E-state index in [9.17, 15) is 0 Å². The summed E-state index contributed by atoms with van der Waals surface area (Å²) in [5, 5.41) is 3.85. The molecule has 0 radical (unpaired) electrons. The molecule has 0 unspecified atom stereocenters. The minimum Gasteiger partial charge on any atom is -0.493 e. The van der Waals surface area contributed by atoms with Gasteiger partial charge in [-0.2, -0.15) is 4.98 Å².